The summed E-state index contributed by atoms with van der Waals surface area (Å²) >= 11 is 6.34. The highest BCUT2D eigenvalue weighted by molar-refractivity contribution is 6.32. The number of carbonyl (C=O) groups is 2. The van der Waals surface area contributed by atoms with Gasteiger partial charge < -0.3 is 19.7 Å². The highest BCUT2D eigenvalue weighted by Crippen LogP contribution is 2.35. The zero-order valence-corrected chi connectivity index (χ0v) is 20.2. The first-order valence-electron chi connectivity index (χ1n) is 11.5. The molecule has 4 heterocycles. The van der Waals surface area contributed by atoms with Crippen LogP contribution >= 0.6 is 11.6 Å². The third-order valence-corrected chi connectivity index (χ3v) is 6.44. The van der Waals surface area contributed by atoms with E-state index in [1.807, 2.05) is 6.20 Å². The van der Waals surface area contributed by atoms with Crippen molar-refractivity contribution in [3.8, 4) is 22.8 Å². The lowest BCUT2D eigenvalue weighted by Gasteiger charge is -2.30. The summed E-state index contributed by atoms with van der Waals surface area (Å²) in [7, 11) is 1.80. The zero-order chi connectivity index (χ0) is 25.2. The van der Waals surface area contributed by atoms with Crippen LogP contribution in [0, 0.1) is 5.82 Å². The van der Waals surface area contributed by atoms with Crippen LogP contribution in [0.4, 0.5) is 19.7 Å². The molecule has 0 spiro atoms. The molecule has 36 heavy (non-hydrogen) atoms. The van der Waals surface area contributed by atoms with Crippen LogP contribution in [0.1, 0.15) is 12.8 Å². The van der Waals surface area contributed by atoms with Gasteiger partial charge in [-0.3, -0.25) is 9.67 Å². The first-order chi connectivity index (χ1) is 17.4. The molecule has 2 fully saturated rings. The number of carbonyl (C=O) groups excluding carboxylic acids is 2. The van der Waals surface area contributed by atoms with Crippen molar-refractivity contribution < 1.29 is 23.5 Å². The Morgan fingerprint density at radius 2 is 2.06 bits per heavy atom. The molecule has 0 bridgehead atoms. The largest absolute Gasteiger partial charge is 0.456 e. The lowest BCUT2D eigenvalue weighted by molar-refractivity contribution is 0.0510. The topological polar surface area (TPSA) is 102 Å². The first kappa shape index (κ1) is 24.0. The standard InChI is InChI=1S/C24H24ClFN6O4/c1-30-14-15(13-28-30)20-10-17(2-5-27-20)36-22-12-19(26)21(11-18(22)25)29-23(33)32-7-6-31(24(32)34)16-3-8-35-9-4-16/h2,5,10-14,16H,3-4,6-9H2,1H3,(H,29,33). The van der Waals surface area contributed by atoms with Crippen molar-refractivity contribution in [3.63, 3.8) is 0 Å². The van der Waals surface area contributed by atoms with Crippen molar-refractivity contribution in [2.45, 2.75) is 18.9 Å². The SMILES string of the molecule is Cn1cc(-c2cc(Oc3cc(F)c(NC(=O)N4CCN(C5CCOCC5)C4=O)cc3Cl)ccn2)cn1. The molecule has 2 aliphatic heterocycles. The fraction of sp³-hybridized carbons (Fsp3) is 0.333. The average Bonchev–Trinajstić information content (AvgIpc) is 3.48. The Hall–Kier alpha value is -3.70. The predicted molar refractivity (Wildman–Crippen MR) is 130 cm³/mol. The van der Waals surface area contributed by atoms with Crippen LogP contribution in [0.5, 0.6) is 11.5 Å². The minimum Gasteiger partial charge on any atom is -0.456 e. The van der Waals surface area contributed by atoms with Crippen LogP contribution in [0.15, 0.2) is 42.9 Å². The molecule has 5 rings (SSSR count). The molecule has 0 atom stereocenters. The molecule has 1 N–H and O–H groups in total. The van der Waals surface area contributed by atoms with E-state index >= 15 is 0 Å². The smallest absolute Gasteiger partial charge is 0.330 e. The van der Waals surface area contributed by atoms with Gasteiger partial charge in [0.2, 0.25) is 0 Å². The molecule has 188 valence electrons. The molecule has 0 aliphatic carbocycles. The molecule has 0 unspecified atom stereocenters. The lowest BCUT2D eigenvalue weighted by atomic mass is 10.1. The maximum absolute atomic E-state index is 14.9. The minimum absolute atomic E-state index is 0.0403. The second-order valence-electron chi connectivity index (χ2n) is 8.55. The Bertz CT molecular complexity index is 1300. The Morgan fingerprint density at radius 3 is 2.81 bits per heavy atom. The maximum atomic E-state index is 14.9. The number of pyridine rings is 1. The van der Waals surface area contributed by atoms with E-state index in [-0.39, 0.29) is 29.0 Å². The molecular formula is C24H24ClFN6O4. The van der Waals surface area contributed by atoms with Gasteiger partial charge >= 0.3 is 12.1 Å². The Kier molecular flexibility index (Phi) is 6.75. The Labute approximate surface area is 211 Å². The maximum Gasteiger partial charge on any atom is 0.330 e. The number of amides is 4. The van der Waals surface area contributed by atoms with Gasteiger partial charge in [-0.1, -0.05) is 11.6 Å². The molecule has 1 aromatic carbocycles. The molecule has 0 saturated carbocycles. The first-order valence-corrected chi connectivity index (χ1v) is 11.9. The highest BCUT2D eigenvalue weighted by Gasteiger charge is 2.37. The van der Waals surface area contributed by atoms with Crippen molar-refractivity contribution in [3.05, 3.63) is 53.7 Å². The summed E-state index contributed by atoms with van der Waals surface area (Å²) in [6.45, 7) is 1.83. The number of anilines is 1. The number of benzene rings is 1. The average molecular weight is 515 g/mol. The van der Waals surface area contributed by atoms with Crippen LogP contribution in [0.2, 0.25) is 5.02 Å². The molecule has 2 aromatic heterocycles. The molecule has 12 heteroatoms. The summed E-state index contributed by atoms with van der Waals surface area (Å²) < 4.78 is 27.7. The number of nitrogens with one attached hydrogen (secondary N) is 1. The van der Waals surface area contributed by atoms with Crippen LogP contribution < -0.4 is 10.1 Å². The number of hydrogen-bond donors (Lipinski definition) is 1. The van der Waals surface area contributed by atoms with Crippen molar-refractivity contribution in [1.82, 2.24) is 24.6 Å². The Balaban J connectivity index is 1.26. The molecule has 2 saturated heterocycles. The third kappa shape index (κ3) is 4.98. The van der Waals surface area contributed by atoms with E-state index in [0.29, 0.717) is 31.2 Å². The summed E-state index contributed by atoms with van der Waals surface area (Å²) in [5.41, 5.74) is 1.27. The Morgan fingerprint density at radius 1 is 1.25 bits per heavy atom. The summed E-state index contributed by atoms with van der Waals surface area (Å²) in [5, 5.41) is 6.66. The number of halogens is 2. The molecular weight excluding hydrogens is 491 g/mol. The quantitative estimate of drug-likeness (QED) is 0.537. The van der Waals surface area contributed by atoms with Crippen molar-refractivity contribution in [1.29, 1.82) is 0 Å². The van der Waals surface area contributed by atoms with Crippen molar-refractivity contribution >= 4 is 29.4 Å². The molecule has 3 aromatic rings. The number of urea groups is 2. The number of rotatable bonds is 5. The van der Waals surface area contributed by atoms with Crippen molar-refractivity contribution in [2.24, 2.45) is 7.05 Å². The predicted octanol–water partition coefficient (Wildman–Crippen LogP) is 4.52. The van der Waals surface area contributed by atoms with E-state index < -0.39 is 17.9 Å². The summed E-state index contributed by atoms with van der Waals surface area (Å²) in [6.07, 6.45) is 6.50. The summed E-state index contributed by atoms with van der Waals surface area (Å²) in [4.78, 5) is 32.6. The van der Waals surface area contributed by atoms with Gasteiger partial charge in [-0.15, -0.1) is 0 Å². The van der Waals surface area contributed by atoms with Gasteiger partial charge in [0, 0.05) is 69.5 Å². The van der Waals surface area contributed by atoms with Crippen LogP contribution in [-0.2, 0) is 11.8 Å². The van der Waals surface area contributed by atoms with E-state index in [2.05, 4.69) is 15.4 Å². The third-order valence-electron chi connectivity index (χ3n) is 6.14. The molecule has 0 radical (unpaired) electrons. The number of aromatic nitrogens is 3. The lowest BCUT2D eigenvalue weighted by Crippen LogP contribution is -2.44. The van der Waals surface area contributed by atoms with E-state index in [9.17, 15) is 14.0 Å². The summed E-state index contributed by atoms with van der Waals surface area (Å²) in [5.74, 6) is -0.284. The minimum atomic E-state index is -0.753. The normalized spacial score (nSPS) is 16.5. The monoisotopic (exact) mass is 514 g/mol. The number of nitrogens with zero attached hydrogens (tertiary/aromatic N) is 5. The molecule has 2 aliphatic rings. The number of aryl methyl sites for hydroxylation is 1. The summed E-state index contributed by atoms with van der Waals surface area (Å²) in [6, 6.07) is 4.57. The van der Waals surface area contributed by atoms with E-state index in [1.54, 1.807) is 41.2 Å². The van der Waals surface area contributed by atoms with E-state index in [4.69, 9.17) is 21.1 Å². The highest BCUT2D eigenvalue weighted by atomic mass is 35.5. The van der Waals surface area contributed by atoms with Gasteiger partial charge in [0.25, 0.3) is 0 Å². The number of hydrogen-bond acceptors (Lipinski definition) is 6. The van der Waals surface area contributed by atoms with E-state index in [0.717, 1.165) is 29.4 Å². The van der Waals surface area contributed by atoms with Gasteiger partial charge in [-0.25, -0.2) is 18.9 Å². The fourth-order valence-electron chi connectivity index (χ4n) is 4.28. The second kappa shape index (κ2) is 10.1. The van der Waals surface area contributed by atoms with Gasteiger partial charge in [0.15, 0.2) is 5.82 Å². The second-order valence-corrected chi connectivity index (χ2v) is 8.95. The molecule has 4 amide bonds. The zero-order valence-electron chi connectivity index (χ0n) is 19.5. The van der Waals surface area contributed by atoms with Crippen molar-refractivity contribution in [2.75, 3.05) is 31.6 Å². The van der Waals surface area contributed by atoms with Crippen LogP contribution in [0.3, 0.4) is 0 Å². The number of ether oxygens (including phenoxy) is 2. The van der Waals surface area contributed by atoms with Crippen LogP contribution in [-0.4, -0.2) is 69.0 Å². The van der Waals surface area contributed by atoms with Gasteiger partial charge in [0.05, 0.1) is 22.6 Å². The van der Waals surface area contributed by atoms with E-state index in [1.165, 1.54) is 6.07 Å². The van der Waals surface area contributed by atoms with Gasteiger partial charge in [-0.05, 0) is 25.0 Å². The van der Waals surface area contributed by atoms with Gasteiger partial charge in [-0.2, -0.15) is 5.10 Å². The fourth-order valence-corrected chi connectivity index (χ4v) is 4.48. The van der Waals surface area contributed by atoms with Gasteiger partial charge in [0.1, 0.15) is 11.5 Å². The van der Waals surface area contributed by atoms with Crippen LogP contribution in [0.25, 0.3) is 11.3 Å². The number of imide groups is 1. The molecule has 10 nitrogen and oxygen atoms in total.